The maximum Gasteiger partial charge on any atom is 0.187 e. The lowest BCUT2D eigenvalue weighted by atomic mass is 10.1. The molecule has 5 nitrogen and oxygen atoms in total. The molecule has 3 rings (SSSR count). The van der Waals surface area contributed by atoms with E-state index >= 15 is 0 Å². The van der Waals surface area contributed by atoms with Crippen LogP contribution in [0, 0.1) is 0 Å². The molecule has 2 aromatic carbocycles. The van der Waals surface area contributed by atoms with Gasteiger partial charge in [0.05, 0.1) is 20.3 Å². The highest BCUT2D eigenvalue weighted by Crippen LogP contribution is 2.20. The van der Waals surface area contributed by atoms with E-state index < -0.39 is 0 Å². The Bertz CT molecular complexity index is 761. The van der Waals surface area contributed by atoms with E-state index in [9.17, 15) is 4.79 Å². The van der Waals surface area contributed by atoms with Crippen molar-refractivity contribution in [3.8, 4) is 5.75 Å². The Kier molecular flexibility index (Phi) is 5.92. The lowest BCUT2D eigenvalue weighted by Gasteiger charge is -2.29. The normalized spacial score (nSPS) is 14.8. The summed E-state index contributed by atoms with van der Waals surface area (Å²) >= 11 is 0. The van der Waals surface area contributed by atoms with Gasteiger partial charge in [0, 0.05) is 41.8 Å². The first-order valence-electron chi connectivity index (χ1n) is 8.72. The Morgan fingerprint density at radius 3 is 2.35 bits per heavy atom. The minimum Gasteiger partial charge on any atom is -0.497 e. The van der Waals surface area contributed by atoms with Gasteiger partial charge in [-0.05, 0) is 55.5 Å². The molecule has 0 amide bonds. The largest absolute Gasteiger partial charge is 0.497 e. The molecule has 0 aromatic heterocycles. The molecular weight excluding hydrogens is 328 g/mol. The van der Waals surface area contributed by atoms with Crippen LogP contribution in [-0.2, 0) is 4.74 Å². The third-order valence-electron chi connectivity index (χ3n) is 4.31. The predicted octanol–water partition coefficient (Wildman–Crippen LogP) is 3.73. The molecule has 0 bridgehead atoms. The number of nitrogens with one attached hydrogen (secondary N) is 1. The number of carbonyl (C=O) groups excluding carboxylic acids is 1. The van der Waals surface area contributed by atoms with Gasteiger partial charge in [-0.15, -0.1) is 0 Å². The van der Waals surface area contributed by atoms with E-state index in [0.29, 0.717) is 5.56 Å². The second kappa shape index (κ2) is 8.54. The molecule has 0 radical (unpaired) electrons. The van der Waals surface area contributed by atoms with Gasteiger partial charge in [-0.25, -0.2) is 0 Å². The summed E-state index contributed by atoms with van der Waals surface area (Å²) in [5, 5.41) is 3.27. The number of ether oxygens (including phenoxy) is 2. The topological polar surface area (TPSA) is 50.8 Å². The Hall–Kier alpha value is -2.79. The number of morpholine rings is 1. The molecular formula is C21H24N2O3. The van der Waals surface area contributed by atoms with Crippen LogP contribution in [0.5, 0.6) is 5.75 Å². The smallest absolute Gasteiger partial charge is 0.187 e. The number of allylic oxidation sites excluding steroid dienone is 2. The molecule has 1 aliphatic rings. The van der Waals surface area contributed by atoms with Crippen molar-refractivity contribution in [1.29, 1.82) is 0 Å². The fourth-order valence-electron chi connectivity index (χ4n) is 2.88. The van der Waals surface area contributed by atoms with Crippen LogP contribution in [0.2, 0.25) is 0 Å². The molecule has 0 unspecified atom stereocenters. The number of anilines is 2. The summed E-state index contributed by atoms with van der Waals surface area (Å²) in [5.41, 5.74) is 3.58. The van der Waals surface area contributed by atoms with Gasteiger partial charge >= 0.3 is 0 Å². The van der Waals surface area contributed by atoms with E-state index in [1.807, 2.05) is 19.1 Å². The maximum atomic E-state index is 12.3. The predicted molar refractivity (Wildman–Crippen MR) is 104 cm³/mol. The van der Waals surface area contributed by atoms with E-state index in [0.717, 1.165) is 43.4 Å². The molecule has 1 aliphatic heterocycles. The first-order chi connectivity index (χ1) is 12.7. The Morgan fingerprint density at radius 2 is 1.73 bits per heavy atom. The fourth-order valence-corrected chi connectivity index (χ4v) is 2.88. The van der Waals surface area contributed by atoms with Gasteiger partial charge in [0.25, 0.3) is 0 Å². The molecule has 0 saturated carbocycles. The first kappa shape index (κ1) is 18.0. The highest BCUT2D eigenvalue weighted by molar-refractivity contribution is 6.05. The molecule has 2 aromatic rings. The minimum absolute atomic E-state index is 0.0393. The Morgan fingerprint density at radius 1 is 1.08 bits per heavy atom. The van der Waals surface area contributed by atoms with Gasteiger partial charge < -0.3 is 19.7 Å². The van der Waals surface area contributed by atoms with Crippen molar-refractivity contribution in [1.82, 2.24) is 0 Å². The van der Waals surface area contributed by atoms with Crippen LogP contribution < -0.4 is 15.0 Å². The average molecular weight is 352 g/mol. The van der Waals surface area contributed by atoms with Crippen LogP contribution in [0.15, 0.2) is 60.3 Å². The monoisotopic (exact) mass is 352 g/mol. The summed E-state index contributed by atoms with van der Waals surface area (Å²) in [5.74, 6) is 0.698. The van der Waals surface area contributed by atoms with Crippen LogP contribution in [-0.4, -0.2) is 39.2 Å². The zero-order chi connectivity index (χ0) is 18.4. The summed E-state index contributed by atoms with van der Waals surface area (Å²) in [6.07, 6.45) is 1.61. The number of methoxy groups -OCH3 is 1. The summed E-state index contributed by atoms with van der Waals surface area (Å²) in [4.78, 5) is 14.6. The van der Waals surface area contributed by atoms with Crippen LogP contribution >= 0.6 is 0 Å². The van der Waals surface area contributed by atoms with Crippen LogP contribution in [0.25, 0.3) is 0 Å². The number of rotatable bonds is 6. The first-order valence-corrected chi connectivity index (χ1v) is 8.72. The molecule has 0 spiro atoms. The quantitative estimate of drug-likeness (QED) is 0.634. The molecule has 1 N–H and O–H groups in total. The highest BCUT2D eigenvalue weighted by Gasteiger charge is 2.10. The molecule has 1 saturated heterocycles. The maximum absolute atomic E-state index is 12.3. The second-order valence-corrected chi connectivity index (χ2v) is 6.19. The van der Waals surface area contributed by atoms with Crippen molar-refractivity contribution in [3.63, 3.8) is 0 Å². The molecule has 0 atom stereocenters. The summed E-state index contributed by atoms with van der Waals surface area (Å²) in [7, 11) is 1.61. The van der Waals surface area contributed by atoms with E-state index in [1.165, 1.54) is 5.69 Å². The van der Waals surface area contributed by atoms with Crippen molar-refractivity contribution >= 4 is 17.2 Å². The van der Waals surface area contributed by atoms with Gasteiger partial charge in [-0.2, -0.15) is 0 Å². The van der Waals surface area contributed by atoms with Gasteiger partial charge in [0.15, 0.2) is 5.78 Å². The van der Waals surface area contributed by atoms with Gasteiger partial charge in [-0.3, -0.25) is 4.79 Å². The van der Waals surface area contributed by atoms with Gasteiger partial charge in [0.2, 0.25) is 0 Å². The molecule has 0 aliphatic carbocycles. The van der Waals surface area contributed by atoms with Crippen molar-refractivity contribution < 1.29 is 14.3 Å². The molecule has 136 valence electrons. The second-order valence-electron chi connectivity index (χ2n) is 6.19. The van der Waals surface area contributed by atoms with E-state index in [4.69, 9.17) is 9.47 Å². The number of hydrogen-bond donors (Lipinski definition) is 1. The van der Waals surface area contributed by atoms with E-state index in [2.05, 4.69) is 22.3 Å². The highest BCUT2D eigenvalue weighted by atomic mass is 16.5. The number of hydrogen-bond acceptors (Lipinski definition) is 5. The van der Waals surface area contributed by atoms with Crippen LogP contribution in [0.1, 0.15) is 17.3 Å². The number of benzene rings is 2. The summed E-state index contributed by atoms with van der Waals surface area (Å²) in [6, 6.07) is 15.3. The third kappa shape index (κ3) is 4.64. The number of carbonyl (C=O) groups is 1. The summed E-state index contributed by atoms with van der Waals surface area (Å²) in [6.45, 7) is 5.27. The number of ketones is 1. The molecule has 5 heteroatoms. The van der Waals surface area contributed by atoms with Crippen molar-refractivity contribution in [2.75, 3.05) is 43.6 Å². The fraction of sp³-hybridized carbons (Fsp3) is 0.286. The van der Waals surface area contributed by atoms with Gasteiger partial charge in [-0.1, -0.05) is 0 Å². The summed E-state index contributed by atoms with van der Waals surface area (Å²) < 4.78 is 10.5. The van der Waals surface area contributed by atoms with Crippen molar-refractivity contribution in [3.05, 3.63) is 65.9 Å². The molecule has 1 heterocycles. The van der Waals surface area contributed by atoms with Gasteiger partial charge in [0.1, 0.15) is 5.75 Å². The standard InChI is InChI=1S/C21H24N2O3/c1-16(15-21(24)17-3-9-20(25-2)10-4-17)22-18-5-7-19(8-6-18)23-11-13-26-14-12-23/h3-10,15,22H,11-14H2,1-2H3/b16-15+. The third-order valence-corrected chi connectivity index (χ3v) is 4.31. The lowest BCUT2D eigenvalue weighted by molar-refractivity contribution is 0.104. The van der Waals surface area contributed by atoms with Crippen LogP contribution in [0.3, 0.4) is 0 Å². The van der Waals surface area contributed by atoms with Crippen molar-refractivity contribution in [2.24, 2.45) is 0 Å². The SMILES string of the molecule is COc1ccc(C(=O)/C=C(\C)Nc2ccc(N3CCOCC3)cc2)cc1. The average Bonchev–Trinajstić information content (AvgIpc) is 2.69. The zero-order valence-electron chi connectivity index (χ0n) is 15.2. The Balaban J connectivity index is 1.61. The van der Waals surface area contributed by atoms with Crippen molar-refractivity contribution in [2.45, 2.75) is 6.92 Å². The molecule has 1 fully saturated rings. The van der Waals surface area contributed by atoms with Crippen LogP contribution in [0.4, 0.5) is 11.4 Å². The zero-order valence-corrected chi connectivity index (χ0v) is 15.2. The number of nitrogens with zero attached hydrogens (tertiary/aromatic N) is 1. The minimum atomic E-state index is -0.0393. The molecule has 26 heavy (non-hydrogen) atoms. The lowest BCUT2D eigenvalue weighted by Crippen LogP contribution is -2.36. The van der Waals surface area contributed by atoms with E-state index in [1.54, 1.807) is 37.5 Å². The Labute approximate surface area is 154 Å². The van der Waals surface area contributed by atoms with E-state index in [-0.39, 0.29) is 5.78 Å².